The molecule has 0 spiro atoms. The van der Waals surface area contributed by atoms with Crippen molar-refractivity contribution in [3.63, 3.8) is 0 Å². The van der Waals surface area contributed by atoms with Crippen molar-refractivity contribution < 1.29 is 28.7 Å². The van der Waals surface area contributed by atoms with E-state index in [-0.39, 0.29) is 19.3 Å². The molecule has 13 heteroatoms. The Labute approximate surface area is 292 Å². The van der Waals surface area contributed by atoms with Crippen LogP contribution < -0.4 is 19.9 Å². The first kappa shape index (κ1) is 37.6. The summed E-state index contributed by atoms with van der Waals surface area (Å²) in [5.41, 5.74) is 6.44. The van der Waals surface area contributed by atoms with Gasteiger partial charge in [-0.15, -0.1) is 5.06 Å². The monoisotopic (exact) mass is 689 g/mol. The Kier molecular flexibility index (Phi) is 13.9. The van der Waals surface area contributed by atoms with Crippen LogP contribution in [0.15, 0.2) is 52.9 Å². The number of hydrogen-bond acceptors (Lipinski definition) is 10. The minimum atomic E-state index is -1.75. The molecule has 3 heterocycles. The van der Waals surface area contributed by atoms with Crippen molar-refractivity contribution in [2.75, 3.05) is 49.6 Å². The molecular weight excluding hydrogens is 642 g/mol. The van der Waals surface area contributed by atoms with Gasteiger partial charge in [-0.2, -0.15) is 4.58 Å². The number of piperidine rings is 1. The normalized spacial score (nSPS) is 14.5. The number of anilines is 2. The maximum atomic E-state index is 12.0. The molecule has 0 bridgehead atoms. The van der Waals surface area contributed by atoms with Gasteiger partial charge < -0.3 is 34.4 Å². The van der Waals surface area contributed by atoms with Gasteiger partial charge in [0.05, 0.1) is 11.2 Å². The highest BCUT2D eigenvalue weighted by Crippen LogP contribution is 2.26. The zero-order valence-electron chi connectivity index (χ0n) is 29.2. The molecule has 2 aliphatic rings. The molecule has 2 saturated heterocycles. The van der Waals surface area contributed by atoms with Crippen LogP contribution in [0.3, 0.4) is 0 Å². The second-order valence-electron chi connectivity index (χ2n) is 12.4. The second-order valence-corrected chi connectivity index (χ2v) is 12.4. The Morgan fingerprint density at radius 3 is 2.20 bits per heavy atom. The van der Waals surface area contributed by atoms with E-state index in [9.17, 15) is 14.4 Å². The number of nitrogens with zero attached hydrogens (tertiary/aromatic N) is 5. The van der Waals surface area contributed by atoms with Crippen LogP contribution in [0, 0.1) is 15.3 Å². The van der Waals surface area contributed by atoms with Gasteiger partial charge in [-0.3, -0.25) is 9.59 Å². The molecule has 0 radical (unpaired) electrons. The van der Waals surface area contributed by atoms with Gasteiger partial charge in [-0.1, -0.05) is 30.7 Å². The summed E-state index contributed by atoms with van der Waals surface area (Å²) in [7, 11) is 2.07. The van der Waals surface area contributed by atoms with E-state index in [4.69, 9.17) is 24.6 Å². The topological polar surface area (TPSA) is 153 Å². The minimum Gasteiger partial charge on any atom is -0.405 e. The maximum absolute atomic E-state index is 12.0. The summed E-state index contributed by atoms with van der Waals surface area (Å²) in [6.07, 6.45) is 10.8. The zero-order valence-corrected chi connectivity index (χ0v) is 29.2. The lowest BCUT2D eigenvalue weighted by atomic mass is 10.1. The van der Waals surface area contributed by atoms with Crippen LogP contribution >= 0.6 is 0 Å². The quantitative estimate of drug-likeness (QED) is 0.0711. The van der Waals surface area contributed by atoms with Gasteiger partial charge in [0.15, 0.2) is 0 Å². The lowest BCUT2D eigenvalue weighted by Gasteiger charge is -2.21. The van der Waals surface area contributed by atoms with Crippen molar-refractivity contribution in [3.05, 3.63) is 80.5 Å². The third-order valence-corrected chi connectivity index (χ3v) is 8.93. The van der Waals surface area contributed by atoms with Gasteiger partial charge in [-0.25, -0.2) is 4.79 Å². The van der Waals surface area contributed by atoms with Crippen LogP contribution in [-0.4, -0.2) is 67.7 Å². The van der Waals surface area contributed by atoms with Gasteiger partial charge in [-0.05, 0) is 68.5 Å². The third kappa shape index (κ3) is 10.6. The molecule has 2 aromatic carbocycles. The lowest BCUT2D eigenvalue weighted by Crippen LogP contribution is -2.34. The van der Waals surface area contributed by atoms with Gasteiger partial charge in [0.1, 0.15) is 18.7 Å². The number of amides is 2. The number of rotatable bonds is 13. The maximum Gasteiger partial charge on any atom is 0.368 e. The second kappa shape index (κ2) is 18.5. The molecule has 0 N–H and O–H groups in total. The number of carbonyl (C=O) groups excluding carboxylic acids is 3. The van der Waals surface area contributed by atoms with E-state index >= 15 is 0 Å². The molecule has 0 atom stereocenters. The van der Waals surface area contributed by atoms with E-state index < -0.39 is 22.9 Å². The van der Waals surface area contributed by atoms with Crippen molar-refractivity contribution in [2.24, 2.45) is 0 Å². The van der Waals surface area contributed by atoms with E-state index in [1.54, 1.807) is 0 Å². The van der Waals surface area contributed by atoms with E-state index in [1.807, 2.05) is 0 Å². The number of imide groups is 1. The smallest absolute Gasteiger partial charge is 0.368 e. The number of hydrogen-bond donors (Lipinski definition) is 0. The molecule has 2 amide bonds. The number of unbranched alkanes of at least 4 members (excludes halogenated alkanes) is 2. The molecular formula is C37H47N5O8. The van der Waals surface area contributed by atoms with Crippen LogP contribution in [-0.2, 0) is 19.2 Å². The van der Waals surface area contributed by atoms with Crippen LogP contribution in [0.2, 0.25) is 0 Å². The molecule has 5 rings (SSSR count). The van der Waals surface area contributed by atoms with Crippen molar-refractivity contribution >= 4 is 52.3 Å². The van der Waals surface area contributed by atoms with Crippen LogP contribution in [0.25, 0.3) is 23.1 Å². The Balaban J connectivity index is 0.00000133. The highest BCUT2D eigenvalue weighted by Gasteiger charge is 2.32. The molecule has 2 fully saturated rings. The summed E-state index contributed by atoms with van der Waals surface area (Å²) in [4.78, 5) is 52.9. The Morgan fingerprint density at radius 2 is 1.56 bits per heavy atom. The van der Waals surface area contributed by atoms with Gasteiger partial charge >= 0.3 is 11.5 Å². The van der Waals surface area contributed by atoms with Crippen molar-refractivity contribution in [2.45, 2.75) is 71.6 Å². The van der Waals surface area contributed by atoms with E-state index in [1.165, 1.54) is 24.9 Å². The third-order valence-electron chi connectivity index (χ3n) is 8.93. The van der Waals surface area contributed by atoms with E-state index in [2.05, 4.69) is 96.0 Å². The minimum absolute atomic E-state index is 0.105. The van der Waals surface area contributed by atoms with Crippen molar-refractivity contribution in [3.8, 4) is 0 Å². The fraction of sp³-hybridized carbons (Fsp3) is 0.459. The van der Waals surface area contributed by atoms with Gasteiger partial charge in [0.2, 0.25) is 0 Å². The average molecular weight is 690 g/mol. The molecule has 0 aliphatic carbocycles. The Bertz CT molecular complexity index is 1720. The van der Waals surface area contributed by atoms with Crippen LogP contribution in [0.4, 0.5) is 11.4 Å². The molecule has 0 unspecified atom stereocenters. The summed E-state index contributed by atoms with van der Waals surface area (Å²) in [5, 5.41) is 16.5. The predicted octanol–water partition coefficient (Wildman–Crippen LogP) is 5.77. The number of benzene rings is 2. The van der Waals surface area contributed by atoms with Crippen LogP contribution in [0.1, 0.15) is 82.8 Å². The molecule has 268 valence electrons. The largest absolute Gasteiger partial charge is 0.405 e. The lowest BCUT2D eigenvalue weighted by molar-refractivity contribution is -0.402. The first-order chi connectivity index (χ1) is 24.1. The highest BCUT2D eigenvalue weighted by molar-refractivity contribution is 6.01. The van der Waals surface area contributed by atoms with Crippen molar-refractivity contribution in [1.29, 1.82) is 0 Å². The van der Waals surface area contributed by atoms with Crippen molar-refractivity contribution in [1.82, 2.24) is 9.64 Å². The molecule has 13 nitrogen and oxygen atoms in total. The molecule has 3 aromatic rings. The SMILES string of the molecule is CCN(CC)c1ccc2c(/C=C/c3ccc(N(C)CCCCCC(=O)ON4C(=O)CCC4=O)cc3)cc(=[N+]3CCCCC3)oc2c1.O=[N+]([O-])[O-]. The fourth-order valence-electron chi connectivity index (χ4n) is 6.14. The summed E-state index contributed by atoms with van der Waals surface area (Å²) >= 11 is 0. The Morgan fingerprint density at radius 1 is 0.920 bits per heavy atom. The summed E-state index contributed by atoms with van der Waals surface area (Å²) in [5.74, 6) is -1.43. The molecule has 1 aromatic heterocycles. The predicted molar refractivity (Wildman–Crippen MR) is 193 cm³/mol. The first-order valence-corrected chi connectivity index (χ1v) is 17.4. The number of fused-ring (bicyclic) bond motifs is 1. The van der Waals surface area contributed by atoms with Gasteiger partial charge in [0.25, 0.3) is 11.8 Å². The molecule has 2 aliphatic heterocycles. The Hall–Kier alpha value is -5.20. The van der Waals surface area contributed by atoms with E-state index in [0.717, 1.165) is 78.9 Å². The molecule has 0 saturated carbocycles. The zero-order chi connectivity index (χ0) is 36.0. The van der Waals surface area contributed by atoms with Crippen LogP contribution in [0.5, 0.6) is 0 Å². The van der Waals surface area contributed by atoms with Gasteiger partial charge in [0, 0.05) is 81.6 Å². The standard InChI is InChI=1S/C37H47N4O5.NO3/c1-4-39(5-2)31-19-20-32-29(26-36(45-33(32)27-31)40-24-10-7-11-25-40)16-13-28-14-17-30(18-15-28)38(3)23-9-6-8-12-37(44)46-41-34(42)21-22-35(41)43;2-1(3)4/h13-20,26-27H,4-12,21-25H2,1-3H3;/q+1;-1. The fourth-order valence-corrected chi connectivity index (χ4v) is 6.14. The summed E-state index contributed by atoms with van der Waals surface area (Å²) < 4.78 is 8.89. The van der Waals surface area contributed by atoms with E-state index in [0.29, 0.717) is 11.5 Å². The summed E-state index contributed by atoms with van der Waals surface area (Å²) in [6.45, 7) is 9.17. The average Bonchev–Trinajstić information content (AvgIpc) is 3.43. The number of hydroxylamine groups is 2. The summed E-state index contributed by atoms with van der Waals surface area (Å²) in [6, 6.07) is 17.3. The first-order valence-electron chi connectivity index (χ1n) is 17.4. The molecule has 50 heavy (non-hydrogen) atoms. The highest BCUT2D eigenvalue weighted by atomic mass is 16.9. The number of carbonyl (C=O) groups is 3.